The summed E-state index contributed by atoms with van der Waals surface area (Å²) >= 11 is 0. The average molecular weight is 214 g/mol. The Balaban J connectivity index is 1.97. The molecule has 2 rings (SSSR count). The zero-order chi connectivity index (χ0) is 11.0. The van der Waals surface area contributed by atoms with E-state index in [-0.39, 0.29) is 31.0 Å². The van der Waals surface area contributed by atoms with Crippen LogP contribution in [0.3, 0.4) is 0 Å². The Hall–Kier alpha value is -0.650. The largest absolute Gasteiger partial charge is 0.388 e. The number of carbonyl (C=O) groups excluding carboxylic acids is 1. The lowest BCUT2D eigenvalue weighted by atomic mass is 10.0. The van der Waals surface area contributed by atoms with Crippen LogP contribution >= 0.6 is 0 Å². The van der Waals surface area contributed by atoms with E-state index in [1.165, 1.54) is 4.90 Å². The van der Waals surface area contributed by atoms with Gasteiger partial charge in [-0.3, -0.25) is 4.79 Å². The number of likely N-dealkylation sites (tertiary alicyclic amines) is 1. The van der Waals surface area contributed by atoms with Gasteiger partial charge in [-0.25, -0.2) is 0 Å². The summed E-state index contributed by atoms with van der Waals surface area (Å²) in [4.78, 5) is 13.5. The van der Waals surface area contributed by atoms with Crippen LogP contribution in [0, 0.1) is 5.92 Å². The molecule has 1 saturated carbocycles. The molecular formula is C10H18N2O3. The van der Waals surface area contributed by atoms with E-state index in [1.54, 1.807) is 0 Å². The fourth-order valence-corrected chi connectivity index (χ4v) is 2.48. The van der Waals surface area contributed by atoms with Crippen molar-refractivity contribution in [1.82, 2.24) is 4.90 Å². The zero-order valence-electron chi connectivity index (χ0n) is 8.67. The summed E-state index contributed by atoms with van der Waals surface area (Å²) in [7, 11) is 0. The number of aliphatic hydroxyl groups excluding tert-OH is 2. The van der Waals surface area contributed by atoms with Crippen molar-refractivity contribution >= 4 is 5.91 Å². The molecule has 0 bridgehead atoms. The second-order valence-electron chi connectivity index (χ2n) is 4.58. The van der Waals surface area contributed by atoms with Gasteiger partial charge in [-0.2, -0.15) is 0 Å². The van der Waals surface area contributed by atoms with Crippen molar-refractivity contribution in [1.29, 1.82) is 0 Å². The van der Waals surface area contributed by atoms with Gasteiger partial charge < -0.3 is 20.8 Å². The summed E-state index contributed by atoms with van der Waals surface area (Å²) in [6, 6.07) is -0.0487. The lowest BCUT2D eigenvalue weighted by Gasteiger charge is -2.22. The topological polar surface area (TPSA) is 86.8 Å². The third kappa shape index (κ3) is 2.00. The molecule has 1 aliphatic heterocycles. The molecule has 4 unspecified atom stereocenters. The highest BCUT2D eigenvalue weighted by Crippen LogP contribution is 2.27. The normalized spacial score (nSPS) is 41.1. The van der Waals surface area contributed by atoms with Gasteiger partial charge in [-0.1, -0.05) is 6.42 Å². The van der Waals surface area contributed by atoms with Gasteiger partial charge in [0.05, 0.1) is 18.1 Å². The van der Waals surface area contributed by atoms with E-state index in [0.29, 0.717) is 0 Å². The molecule has 86 valence electrons. The Labute approximate surface area is 88.9 Å². The highest BCUT2D eigenvalue weighted by molar-refractivity contribution is 5.80. The predicted molar refractivity (Wildman–Crippen MR) is 53.9 cm³/mol. The number of rotatable bonds is 1. The maximum absolute atomic E-state index is 12.0. The Bertz CT molecular complexity index is 249. The van der Waals surface area contributed by atoms with E-state index in [2.05, 4.69) is 0 Å². The summed E-state index contributed by atoms with van der Waals surface area (Å²) in [5.74, 6) is -0.113. The van der Waals surface area contributed by atoms with Gasteiger partial charge in [0.25, 0.3) is 0 Å². The van der Waals surface area contributed by atoms with Gasteiger partial charge in [-0.15, -0.1) is 0 Å². The van der Waals surface area contributed by atoms with Gasteiger partial charge in [0, 0.05) is 19.1 Å². The van der Waals surface area contributed by atoms with Crippen molar-refractivity contribution in [3.8, 4) is 0 Å². The molecule has 0 aromatic carbocycles. The van der Waals surface area contributed by atoms with Crippen molar-refractivity contribution in [3.63, 3.8) is 0 Å². The fourth-order valence-electron chi connectivity index (χ4n) is 2.48. The van der Waals surface area contributed by atoms with Crippen LogP contribution in [-0.4, -0.2) is 52.4 Å². The summed E-state index contributed by atoms with van der Waals surface area (Å²) in [5, 5.41) is 18.7. The second-order valence-corrected chi connectivity index (χ2v) is 4.58. The fraction of sp³-hybridized carbons (Fsp3) is 0.900. The first kappa shape index (κ1) is 10.9. The summed E-state index contributed by atoms with van der Waals surface area (Å²) in [5.41, 5.74) is 5.84. The summed E-state index contributed by atoms with van der Waals surface area (Å²) in [6.07, 6.45) is 1.13. The smallest absolute Gasteiger partial charge is 0.227 e. The van der Waals surface area contributed by atoms with Crippen LogP contribution in [0.15, 0.2) is 0 Å². The molecule has 5 heteroatoms. The third-order valence-electron chi connectivity index (χ3n) is 3.46. The highest BCUT2D eigenvalue weighted by atomic mass is 16.3. The van der Waals surface area contributed by atoms with Gasteiger partial charge in [0.2, 0.25) is 5.91 Å². The molecule has 4 atom stereocenters. The van der Waals surface area contributed by atoms with Crippen LogP contribution in [-0.2, 0) is 4.79 Å². The van der Waals surface area contributed by atoms with E-state index in [0.717, 1.165) is 19.3 Å². The minimum atomic E-state index is -0.799. The standard InChI is InChI=1S/C10H18N2O3/c11-7-3-1-2-6(7)10(15)12-4-8(13)9(14)5-12/h6-9,13-14H,1-5,11H2. The second kappa shape index (κ2) is 4.08. The highest BCUT2D eigenvalue weighted by Gasteiger charge is 2.38. The van der Waals surface area contributed by atoms with Crippen molar-refractivity contribution in [2.75, 3.05) is 13.1 Å². The van der Waals surface area contributed by atoms with E-state index in [4.69, 9.17) is 5.73 Å². The number of nitrogens with zero attached hydrogens (tertiary/aromatic N) is 1. The van der Waals surface area contributed by atoms with Crippen LogP contribution in [0.1, 0.15) is 19.3 Å². The maximum atomic E-state index is 12.0. The summed E-state index contributed by atoms with van der Waals surface area (Å²) < 4.78 is 0. The molecule has 0 spiro atoms. The van der Waals surface area contributed by atoms with Gasteiger partial charge in [-0.05, 0) is 12.8 Å². The first-order valence-corrected chi connectivity index (χ1v) is 5.50. The molecule has 2 fully saturated rings. The lowest BCUT2D eigenvalue weighted by molar-refractivity contribution is -0.135. The van der Waals surface area contributed by atoms with Crippen molar-refractivity contribution in [2.45, 2.75) is 37.5 Å². The lowest BCUT2D eigenvalue weighted by Crippen LogP contribution is -2.41. The average Bonchev–Trinajstić information content (AvgIpc) is 2.74. The van der Waals surface area contributed by atoms with E-state index < -0.39 is 12.2 Å². The minimum absolute atomic E-state index is 0.00407. The number of nitrogens with two attached hydrogens (primary N) is 1. The third-order valence-corrected chi connectivity index (χ3v) is 3.46. The van der Waals surface area contributed by atoms with Crippen LogP contribution in [0.5, 0.6) is 0 Å². The molecule has 2 aliphatic rings. The Morgan fingerprint density at radius 1 is 1.20 bits per heavy atom. The maximum Gasteiger partial charge on any atom is 0.227 e. The molecule has 1 saturated heterocycles. The van der Waals surface area contributed by atoms with Crippen molar-refractivity contribution in [3.05, 3.63) is 0 Å². The van der Waals surface area contributed by atoms with Crippen molar-refractivity contribution < 1.29 is 15.0 Å². The molecule has 5 nitrogen and oxygen atoms in total. The van der Waals surface area contributed by atoms with Crippen LogP contribution in [0.2, 0.25) is 0 Å². The van der Waals surface area contributed by atoms with Crippen LogP contribution in [0.25, 0.3) is 0 Å². The number of hydrogen-bond acceptors (Lipinski definition) is 4. The number of hydrogen-bond donors (Lipinski definition) is 3. The summed E-state index contributed by atoms with van der Waals surface area (Å²) in [6.45, 7) is 0.479. The molecule has 15 heavy (non-hydrogen) atoms. The molecule has 0 aromatic rings. The monoisotopic (exact) mass is 214 g/mol. The SMILES string of the molecule is NC1CCCC1C(=O)N1CC(O)C(O)C1. The quantitative estimate of drug-likeness (QED) is 0.505. The Morgan fingerprint density at radius 3 is 2.27 bits per heavy atom. The molecular weight excluding hydrogens is 196 g/mol. The molecule has 0 radical (unpaired) electrons. The Morgan fingerprint density at radius 2 is 1.80 bits per heavy atom. The van der Waals surface area contributed by atoms with Crippen LogP contribution in [0.4, 0.5) is 0 Å². The van der Waals surface area contributed by atoms with Crippen LogP contribution < -0.4 is 5.73 Å². The number of amides is 1. The van der Waals surface area contributed by atoms with Gasteiger partial charge in [0.15, 0.2) is 0 Å². The molecule has 1 heterocycles. The van der Waals surface area contributed by atoms with E-state index in [9.17, 15) is 15.0 Å². The number of β-amino-alcohol motifs (C(OH)–C–C–N with tert-alkyl or cyclic N) is 2. The van der Waals surface area contributed by atoms with E-state index >= 15 is 0 Å². The molecule has 4 N–H and O–H groups in total. The Kier molecular flexibility index (Phi) is 2.95. The predicted octanol–water partition coefficient (Wildman–Crippen LogP) is -1.32. The number of carbonyl (C=O) groups is 1. The molecule has 1 aliphatic carbocycles. The minimum Gasteiger partial charge on any atom is -0.388 e. The van der Waals surface area contributed by atoms with E-state index in [1.807, 2.05) is 0 Å². The molecule has 0 aromatic heterocycles. The first-order chi connectivity index (χ1) is 7.09. The molecule has 1 amide bonds. The number of aliphatic hydroxyl groups is 2. The van der Waals surface area contributed by atoms with Gasteiger partial charge in [0.1, 0.15) is 0 Å². The van der Waals surface area contributed by atoms with Gasteiger partial charge >= 0.3 is 0 Å². The first-order valence-electron chi connectivity index (χ1n) is 5.50. The zero-order valence-corrected chi connectivity index (χ0v) is 8.67. The van der Waals surface area contributed by atoms with Crippen molar-refractivity contribution in [2.24, 2.45) is 11.7 Å².